The summed E-state index contributed by atoms with van der Waals surface area (Å²) in [5.41, 5.74) is 2.76. The lowest BCUT2D eigenvalue weighted by molar-refractivity contribution is -0.0163. The summed E-state index contributed by atoms with van der Waals surface area (Å²) in [5.74, 6) is 0.968. The molecule has 0 amide bonds. The third-order valence-electron chi connectivity index (χ3n) is 4.69. The van der Waals surface area contributed by atoms with Gasteiger partial charge in [-0.1, -0.05) is 36.4 Å². The zero-order valence-corrected chi connectivity index (χ0v) is 14.7. The van der Waals surface area contributed by atoms with Crippen molar-refractivity contribution < 1.29 is 4.74 Å². The van der Waals surface area contributed by atoms with E-state index in [1.165, 1.54) is 11.1 Å². The quantitative estimate of drug-likeness (QED) is 0.677. The molecule has 1 atom stereocenters. The van der Waals surface area contributed by atoms with Gasteiger partial charge in [0.25, 0.3) is 0 Å². The Kier molecular flexibility index (Phi) is 5.88. The molecule has 0 spiro atoms. The molecular weight excluding hydrogens is 300 g/mol. The summed E-state index contributed by atoms with van der Waals surface area (Å²) >= 11 is 0. The summed E-state index contributed by atoms with van der Waals surface area (Å²) in [7, 11) is 4.00. The second-order valence-electron chi connectivity index (χ2n) is 6.47. The molecule has 0 saturated carbocycles. The first-order chi connectivity index (χ1) is 11.8. The normalized spacial score (nSPS) is 23.1. The number of benzene rings is 1. The van der Waals surface area contributed by atoms with Gasteiger partial charge in [-0.3, -0.25) is 4.99 Å². The summed E-state index contributed by atoms with van der Waals surface area (Å²) in [6.45, 7) is 5.50. The van der Waals surface area contributed by atoms with Gasteiger partial charge >= 0.3 is 0 Å². The van der Waals surface area contributed by atoms with E-state index in [-0.39, 0.29) is 6.10 Å². The maximum atomic E-state index is 5.82. The molecule has 2 aliphatic rings. The maximum Gasteiger partial charge on any atom is 0.194 e. The van der Waals surface area contributed by atoms with Crippen LogP contribution in [0.4, 0.5) is 0 Å². The Bertz CT molecular complexity index is 584. The summed E-state index contributed by atoms with van der Waals surface area (Å²) in [6, 6.07) is 10.6. The SMILES string of the molecule is CN=C(NCC1CN(C)CCO1)N1CC=C(c2ccccc2)CC1. The molecule has 2 aliphatic heterocycles. The zero-order valence-electron chi connectivity index (χ0n) is 14.7. The molecule has 1 aromatic rings. The van der Waals surface area contributed by atoms with Crippen LogP contribution in [0.2, 0.25) is 0 Å². The lowest BCUT2D eigenvalue weighted by Gasteiger charge is -2.33. The van der Waals surface area contributed by atoms with Gasteiger partial charge in [0.15, 0.2) is 5.96 Å². The Morgan fingerprint density at radius 3 is 2.79 bits per heavy atom. The number of likely N-dealkylation sites (N-methyl/N-ethyl adjacent to an activating group) is 1. The Hall–Kier alpha value is -1.85. The molecule has 1 saturated heterocycles. The number of hydrogen-bond acceptors (Lipinski definition) is 3. The van der Waals surface area contributed by atoms with Crippen LogP contribution in [0.1, 0.15) is 12.0 Å². The second-order valence-corrected chi connectivity index (χ2v) is 6.47. The summed E-state index contributed by atoms with van der Waals surface area (Å²) in [5, 5.41) is 3.48. The van der Waals surface area contributed by atoms with Gasteiger partial charge in [-0.15, -0.1) is 0 Å². The topological polar surface area (TPSA) is 40.1 Å². The molecule has 5 nitrogen and oxygen atoms in total. The van der Waals surface area contributed by atoms with Crippen LogP contribution in [-0.4, -0.2) is 75.3 Å². The largest absolute Gasteiger partial charge is 0.374 e. The van der Waals surface area contributed by atoms with Gasteiger partial charge in [0.05, 0.1) is 12.7 Å². The van der Waals surface area contributed by atoms with Crippen LogP contribution >= 0.6 is 0 Å². The van der Waals surface area contributed by atoms with Crippen LogP contribution < -0.4 is 5.32 Å². The number of aliphatic imine (C=N–C) groups is 1. The van der Waals surface area contributed by atoms with Crippen LogP contribution in [0.3, 0.4) is 0 Å². The van der Waals surface area contributed by atoms with Gasteiger partial charge in [-0.2, -0.15) is 0 Å². The van der Waals surface area contributed by atoms with Crippen LogP contribution in [0.5, 0.6) is 0 Å². The van der Waals surface area contributed by atoms with Crippen molar-refractivity contribution in [1.29, 1.82) is 0 Å². The highest BCUT2D eigenvalue weighted by molar-refractivity contribution is 5.81. The first kappa shape index (κ1) is 17.0. The molecule has 1 unspecified atom stereocenters. The fraction of sp³-hybridized carbons (Fsp3) is 0.526. The highest BCUT2D eigenvalue weighted by atomic mass is 16.5. The Labute approximate surface area is 145 Å². The van der Waals surface area contributed by atoms with Crippen molar-refractivity contribution in [2.45, 2.75) is 12.5 Å². The maximum absolute atomic E-state index is 5.82. The van der Waals surface area contributed by atoms with Crippen molar-refractivity contribution in [3.05, 3.63) is 42.0 Å². The number of guanidine groups is 1. The molecule has 24 heavy (non-hydrogen) atoms. The van der Waals surface area contributed by atoms with Crippen molar-refractivity contribution in [2.75, 3.05) is 53.4 Å². The third kappa shape index (κ3) is 4.36. The molecule has 0 aromatic heterocycles. The summed E-state index contributed by atoms with van der Waals surface area (Å²) in [4.78, 5) is 9.06. The molecule has 5 heteroatoms. The highest BCUT2D eigenvalue weighted by Crippen LogP contribution is 2.21. The van der Waals surface area contributed by atoms with Gasteiger partial charge in [0.2, 0.25) is 0 Å². The van der Waals surface area contributed by atoms with Crippen molar-refractivity contribution in [2.24, 2.45) is 4.99 Å². The monoisotopic (exact) mass is 328 g/mol. The number of nitrogens with zero attached hydrogens (tertiary/aromatic N) is 3. The van der Waals surface area contributed by atoms with E-state index in [0.29, 0.717) is 0 Å². The van der Waals surface area contributed by atoms with Crippen LogP contribution in [-0.2, 0) is 4.74 Å². The van der Waals surface area contributed by atoms with E-state index in [0.717, 1.165) is 51.7 Å². The van der Waals surface area contributed by atoms with E-state index in [1.54, 1.807) is 0 Å². The number of morpholine rings is 1. The third-order valence-corrected chi connectivity index (χ3v) is 4.69. The van der Waals surface area contributed by atoms with Gasteiger partial charge in [0, 0.05) is 39.8 Å². The average molecular weight is 328 g/mol. The molecule has 130 valence electrons. The summed E-state index contributed by atoms with van der Waals surface area (Å²) in [6.07, 6.45) is 3.60. The first-order valence-corrected chi connectivity index (χ1v) is 8.76. The number of hydrogen-bond donors (Lipinski definition) is 1. The Morgan fingerprint density at radius 1 is 1.29 bits per heavy atom. The lowest BCUT2D eigenvalue weighted by Crippen LogP contribution is -2.50. The minimum Gasteiger partial charge on any atom is -0.374 e. The van der Waals surface area contributed by atoms with E-state index in [2.05, 4.69) is 63.6 Å². The van der Waals surface area contributed by atoms with Crippen LogP contribution in [0.25, 0.3) is 5.57 Å². The predicted octanol–water partition coefficient (Wildman–Crippen LogP) is 1.68. The van der Waals surface area contributed by atoms with Gasteiger partial charge < -0.3 is 19.9 Å². The van der Waals surface area contributed by atoms with Gasteiger partial charge in [-0.25, -0.2) is 0 Å². The van der Waals surface area contributed by atoms with E-state index in [9.17, 15) is 0 Å². The molecule has 3 rings (SSSR count). The fourth-order valence-electron chi connectivity index (χ4n) is 3.30. The smallest absolute Gasteiger partial charge is 0.194 e. The van der Waals surface area contributed by atoms with Gasteiger partial charge in [-0.05, 0) is 24.6 Å². The molecule has 0 aliphatic carbocycles. The van der Waals surface area contributed by atoms with E-state index < -0.39 is 0 Å². The number of rotatable bonds is 3. The Balaban J connectivity index is 1.53. The fourth-order valence-corrected chi connectivity index (χ4v) is 3.30. The van der Waals surface area contributed by atoms with Crippen LogP contribution in [0.15, 0.2) is 41.4 Å². The van der Waals surface area contributed by atoms with E-state index >= 15 is 0 Å². The van der Waals surface area contributed by atoms with E-state index in [1.807, 2.05) is 7.05 Å². The first-order valence-electron chi connectivity index (χ1n) is 8.76. The molecule has 1 N–H and O–H groups in total. The van der Waals surface area contributed by atoms with Crippen molar-refractivity contribution >= 4 is 11.5 Å². The van der Waals surface area contributed by atoms with Crippen molar-refractivity contribution in [1.82, 2.24) is 15.1 Å². The molecule has 0 bridgehead atoms. The zero-order chi connectivity index (χ0) is 16.8. The molecule has 0 radical (unpaired) electrons. The molecule has 1 fully saturated rings. The highest BCUT2D eigenvalue weighted by Gasteiger charge is 2.20. The standard InChI is InChI=1S/C19H28N4O/c1-20-19(21-14-18-15-22(2)12-13-24-18)23-10-8-17(9-11-23)16-6-4-3-5-7-16/h3-8,18H,9-15H2,1-2H3,(H,20,21). The van der Waals surface area contributed by atoms with Gasteiger partial charge in [0.1, 0.15) is 0 Å². The van der Waals surface area contributed by atoms with Crippen LogP contribution in [0, 0.1) is 0 Å². The minimum atomic E-state index is 0.237. The second kappa shape index (κ2) is 8.31. The van der Waals surface area contributed by atoms with Crippen molar-refractivity contribution in [3.8, 4) is 0 Å². The van der Waals surface area contributed by atoms with E-state index in [4.69, 9.17) is 4.74 Å². The lowest BCUT2D eigenvalue weighted by atomic mass is 10.00. The molecular formula is C19H28N4O. The Morgan fingerprint density at radius 2 is 2.12 bits per heavy atom. The molecule has 1 aromatic carbocycles. The molecule has 2 heterocycles. The predicted molar refractivity (Wildman–Crippen MR) is 99.2 cm³/mol. The number of ether oxygens (including phenoxy) is 1. The minimum absolute atomic E-state index is 0.237. The average Bonchev–Trinajstić information content (AvgIpc) is 2.64. The summed E-state index contributed by atoms with van der Waals surface area (Å²) < 4.78 is 5.82. The van der Waals surface area contributed by atoms with Crippen molar-refractivity contribution in [3.63, 3.8) is 0 Å². The number of nitrogens with one attached hydrogen (secondary N) is 1.